The molecular weight excluding hydrogens is 883 g/mol. The average Bonchev–Trinajstić information content (AvgIpc) is 3.96. The molecule has 2 aliphatic heterocycles. The molecule has 2 unspecified atom stereocenters. The fraction of sp³-hybridized carbons (Fsp3) is 1.00. The first-order valence-corrected chi connectivity index (χ1v) is 28.3. The van der Waals surface area contributed by atoms with Crippen LogP contribution in [-0.4, -0.2) is 465 Å². The number of hydrogen-bond donors (Lipinski definition) is 0. The van der Waals surface area contributed by atoms with Crippen LogP contribution in [0.15, 0.2) is 0 Å². The van der Waals surface area contributed by atoms with Gasteiger partial charge in [0.15, 0.2) is 0 Å². The summed E-state index contributed by atoms with van der Waals surface area (Å²) in [4.78, 5) is 0. The van der Waals surface area contributed by atoms with Gasteiger partial charge in [0.1, 0.15) is 0 Å². The highest BCUT2D eigenvalue weighted by molar-refractivity contribution is 8.11. The molecule has 2 saturated heterocycles. The van der Waals surface area contributed by atoms with Crippen LogP contribution in [0.3, 0.4) is 0 Å². The van der Waals surface area contributed by atoms with Gasteiger partial charge >= 0.3 is 0 Å². The Bertz CT molecular complexity index is 1180. The predicted octanol–water partition coefficient (Wildman–Crippen LogP) is -19.0. The molecular formula is C15H39B65. The summed E-state index contributed by atoms with van der Waals surface area (Å²) in [6.07, 6.45) is -6.89. The second-order valence-electron chi connectivity index (χ2n) is 19.5. The molecule has 0 aromatic rings. The fourth-order valence-electron chi connectivity index (χ4n) is 9.92. The van der Waals surface area contributed by atoms with Crippen LogP contribution in [0.2, 0.25) is 12.1 Å². The molecule has 0 N–H and O–H groups in total. The first-order valence-electron chi connectivity index (χ1n) is 28.3. The van der Waals surface area contributed by atoms with Crippen LogP contribution in [0.1, 0.15) is 81.1 Å². The van der Waals surface area contributed by atoms with Crippen molar-refractivity contribution >= 4 is 465 Å². The molecule has 70 radical (unpaired) electrons. The largest absolute Gasteiger partial charge is 0.0867 e. The van der Waals surface area contributed by atoms with Crippen LogP contribution < -0.4 is 0 Å². The van der Waals surface area contributed by atoms with Crippen molar-refractivity contribution in [2.24, 2.45) is 5.92 Å². The van der Waals surface area contributed by atoms with Gasteiger partial charge < -0.3 is 0 Å². The maximum absolute atomic E-state index is 5.59. The molecule has 0 nitrogen and oxygen atoms in total. The highest BCUT2D eigenvalue weighted by Gasteiger charge is 2.49. The Morgan fingerprint density at radius 2 is 0.625 bits per heavy atom. The summed E-state index contributed by atoms with van der Waals surface area (Å²) in [5.41, 5.74) is 0. The van der Waals surface area contributed by atoms with Crippen LogP contribution in [0.5, 0.6) is 0 Å². The van der Waals surface area contributed by atoms with Crippen LogP contribution in [0.25, 0.3) is 0 Å². The molecule has 65 heteroatoms. The fourth-order valence-corrected chi connectivity index (χ4v) is 9.92. The van der Waals surface area contributed by atoms with E-state index in [4.69, 9.17) is 263 Å². The first-order chi connectivity index (χ1) is 37.0. The Balaban J connectivity index is -0.000000156. The minimum atomic E-state index is -0.760. The number of rotatable bonds is 21. The Labute approximate surface area is 558 Å². The Morgan fingerprint density at radius 1 is 0.325 bits per heavy atom. The maximum Gasteiger partial charge on any atom is 0.0643 e. The van der Waals surface area contributed by atoms with E-state index < -0.39 is 140 Å². The zero-order valence-corrected chi connectivity index (χ0v) is 50.6. The van der Waals surface area contributed by atoms with Crippen LogP contribution >= 0.6 is 0 Å². The van der Waals surface area contributed by atoms with E-state index in [0.29, 0.717) is 0 Å². The highest BCUT2D eigenvalue weighted by Crippen LogP contribution is 2.46. The first kappa shape index (κ1) is 97.8. The van der Waals surface area contributed by atoms with Gasteiger partial charge in [0.2, 0.25) is 0 Å². The third kappa shape index (κ3) is 42.3. The maximum atomic E-state index is 5.59. The molecule has 80 heavy (non-hydrogen) atoms. The van der Waals surface area contributed by atoms with Crippen molar-refractivity contribution < 1.29 is 0 Å². The topological polar surface area (TPSA) is 0 Å². The summed E-state index contributed by atoms with van der Waals surface area (Å²) < 4.78 is 0. The van der Waals surface area contributed by atoms with Crippen molar-refractivity contribution in [3.63, 3.8) is 0 Å². The second-order valence-corrected chi connectivity index (χ2v) is 19.5. The van der Waals surface area contributed by atoms with Gasteiger partial charge in [-0.3, -0.25) is 0 Å². The molecule has 0 aromatic heterocycles. The summed E-state index contributed by atoms with van der Waals surface area (Å²) in [6.45, 7) is 18.4. The molecule has 2 heterocycles. The average molecular weight is 922 g/mol. The summed E-state index contributed by atoms with van der Waals surface area (Å²) in [5.74, 6) is 2.36. The quantitative estimate of drug-likeness (QED) is 0.101. The molecule has 0 aromatic carbocycles. The van der Waals surface area contributed by atoms with Gasteiger partial charge in [0.05, 0.1) is 13.0 Å². The molecule has 1 aliphatic carbocycles. The molecule has 0 amide bonds. The number of fused-ring (bicyclic) bond motifs is 3. The minimum absolute atomic E-state index is 0.389. The van der Waals surface area contributed by atoms with Gasteiger partial charge in [-0.15, -0.1) is 0 Å². The molecule has 1 saturated carbocycles. The number of hydrogen-bond acceptors (Lipinski definition) is 0. The van der Waals surface area contributed by atoms with Crippen molar-refractivity contribution in [3.05, 3.63) is 0 Å². The van der Waals surface area contributed by atoms with E-state index >= 15 is 0 Å². The lowest BCUT2D eigenvalue weighted by atomic mass is 8.47. The predicted molar refractivity (Wildman–Crippen MR) is 454 cm³/mol. The van der Waals surface area contributed by atoms with Gasteiger partial charge in [0, 0.05) is 452 Å². The molecule has 3 rings (SSSR count). The minimum Gasteiger partial charge on any atom is -0.0867 e. The monoisotopic (exact) mass is 935 g/mol. The molecule has 0 spiro atoms. The Kier molecular flexibility index (Phi) is 71.3. The van der Waals surface area contributed by atoms with Crippen molar-refractivity contribution in [2.45, 2.75) is 93.2 Å². The molecule has 3 aliphatic rings. The summed E-state index contributed by atoms with van der Waals surface area (Å²) >= 11 is 0. The lowest BCUT2D eigenvalue weighted by Gasteiger charge is -2.34. The smallest absolute Gasteiger partial charge is 0.0643 e. The van der Waals surface area contributed by atoms with Gasteiger partial charge in [-0.05, 0) is 0 Å². The van der Waals surface area contributed by atoms with E-state index in [0.717, 1.165) is 0 Å². The van der Waals surface area contributed by atoms with Gasteiger partial charge in [-0.1, -0.05) is 99.1 Å². The Morgan fingerprint density at radius 3 is 0.825 bits per heavy atom. The van der Waals surface area contributed by atoms with Crippen LogP contribution in [-0.2, 0) is 0 Å². The van der Waals surface area contributed by atoms with Gasteiger partial charge in [0.25, 0.3) is 0 Å². The van der Waals surface area contributed by atoms with Crippen molar-refractivity contribution in [1.29, 1.82) is 0 Å². The zero-order chi connectivity index (χ0) is 65.2. The standard InChI is InChI=1S/C7H15B5.4C2H6.B14.B13.B12.B11.B10/c1-2-4-7-6(3-1)5-11-9-8-10-12(7)11;4*1-2;1-9(2)13(10(3)4)14(11(5)6)12(7)8;1-8-12(9(2)3)13(10(4)5)11(6)7;1-8(2)11(7)12(9(3)4)10(5)6;1-7-10(6)11(8(2)3)9(4)5;1-7(2)10(8(3)4)9(5)6/h6-10H,1-5H2;4*1-2H3;;;;;. The molecule has 3 fully saturated rings. The summed E-state index contributed by atoms with van der Waals surface area (Å²) in [7, 11) is 191. The van der Waals surface area contributed by atoms with Crippen molar-refractivity contribution in [1.82, 2.24) is 0 Å². The van der Waals surface area contributed by atoms with Crippen LogP contribution in [0, 0.1) is 5.92 Å². The zero-order valence-electron chi connectivity index (χ0n) is 50.6. The normalized spacial score (nSPS) is 12.4. The van der Waals surface area contributed by atoms with E-state index in [2.05, 4.69) is 0 Å². The summed E-state index contributed by atoms with van der Waals surface area (Å²) in [5, 5.41) is 0. The molecule has 0 bridgehead atoms. The van der Waals surface area contributed by atoms with Gasteiger partial charge in [-0.25, -0.2) is 0 Å². The van der Waals surface area contributed by atoms with Crippen molar-refractivity contribution in [2.75, 3.05) is 0 Å². The second kappa shape index (κ2) is 58.3. The van der Waals surface area contributed by atoms with E-state index in [-0.39, 0.29) is 12.8 Å². The van der Waals surface area contributed by atoms with E-state index in [1.54, 1.807) is 53.2 Å². The van der Waals surface area contributed by atoms with E-state index in [1.807, 2.05) is 55.4 Å². The Hall–Kier alpha value is 4.22. The highest BCUT2D eigenvalue weighted by atomic mass is 14.2. The van der Waals surface area contributed by atoms with Gasteiger partial charge in [-0.2, -0.15) is 0 Å². The third-order valence-electron chi connectivity index (χ3n) is 13.7. The molecule has 2 atom stereocenters. The van der Waals surface area contributed by atoms with E-state index in [1.165, 1.54) is 38.8 Å². The third-order valence-corrected chi connectivity index (χ3v) is 13.7. The SMILES string of the molecule is B1BB2CC3CCCCC3B2B1.CC.CC.CC.CC.[B]B([B])B(B([B])[B])B(B([B])[B])B([B])[B].[B]B([B])B(B([B])[B])B([B])[B].[B]B([B])B([B])B(B([B])[B])B([B])[B].[B][B]B(B([B])[B])B(B([B])[B])B([B])[B].[B][B]B([B])B(B([B])[B])B([B])[B]. The lowest BCUT2D eigenvalue weighted by molar-refractivity contribution is 0.390. The lowest BCUT2D eigenvalue weighted by Crippen LogP contribution is -2.72. The summed E-state index contributed by atoms with van der Waals surface area (Å²) in [6, 6.07) is 0. The van der Waals surface area contributed by atoms with E-state index in [9.17, 15) is 0 Å². The molecule has 294 valence electrons. The van der Waals surface area contributed by atoms with Crippen molar-refractivity contribution in [3.8, 4) is 0 Å². The van der Waals surface area contributed by atoms with Crippen LogP contribution in [0.4, 0.5) is 0 Å².